The van der Waals surface area contributed by atoms with Crippen LogP contribution in [-0.2, 0) is 9.47 Å². The van der Waals surface area contributed by atoms with E-state index in [4.69, 9.17) is 25.8 Å². The number of halogens is 1. The van der Waals surface area contributed by atoms with Crippen molar-refractivity contribution in [2.24, 2.45) is 0 Å². The third-order valence-electron chi connectivity index (χ3n) is 6.69. The number of imidazole rings is 1. The van der Waals surface area contributed by atoms with E-state index in [0.29, 0.717) is 34.5 Å². The van der Waals surface area contributed by atoms with Crippen molar-refractivity contribution in [3.8, 4) is 34.1 Å². The third kappa shape index (κ3) is 4.04. The van der Waals surface area contributed by atoms with Gasteiger partial charge in [0.1, 0.15) is 31.0 Å². The smallest absolute Gasteiger partial charge is 0.296 e. The first-order chi connectivity index (χ1) is 18.1. The molecule has 2 N–H and O–H groups in total. The van der Waals surface area contributed by atoms with E-state index < -0.39 is 6.10 Å². The van der Waals surface area contributed by atoms with Crippen LogP contribution in [0, 0.1) is 0 Å². The minimum absolute atomic E-state index is 0.239. The molecule has 3 aromatic heterocycles. The number of nitrogens with one attached hydrogen (secondary N) is 1. The number of hydrogen-bond acceptors (Lipinski definition) is 8. The van der Waals surface area contributed by atoms with E-state index in [0.717, 1.165) is 22.4 Å². The van der Waals surface area contributed by atoms with E-state index in [9.17, 15) is 5.11 Å². The molecule has 5 aromatic rings. The number of aromatic nitrogens is 6. The molecule has 0 aliphatic carbocycles. The molecule has 0 amide bonds. The lowest BCUT2D eigenvalue weighted by atomic mass is 10.0. The molecule has 10 nitrogen and oxygen atoms in total. The van der Waals surface area contributed by atoms with Gasteiger partial charge in [-0.05, 0) is 29.3 Å². The molecule has 0 radical (unpaired) electrons. The van der Waals surface area contributed by atoms with Gasteiger partial charge in [-0.3, -0.25) is 0 Å². The van der Waals surface area contributed by atoms with E-state index in [-0.39, 0.29) is 24.9 Å². The molecule has 2 saturated heterocycles. The van der Waals surface area contributed by atoms with E-state index in [1.807, 2.05) is 48.5 Å². The first-order valence-electron chi connectivity index (χ1n) is 11.8. The van der Waals surface area contributed by atoms with Gasteiger partial charge in [0.2, 0.25) is 0 Å². The standard InChI is InChI=1S/C26H21ClN6O4/c27-18-9-19-25(32-26(30-19)37-21-11-36-23-20(34)10-35-24(21)23)31-22(18)16-3-1-14(2-4-16)15-5-7-17(8-6-15)33-13-28-12-29-33/h1-9,12-13,20-21,23-24,34H,10-11H2,(H,30,31,32)/t20-,21-,23?,24?/m1/s1. The average molecular weight is 517 g/mol. The molecule has 0 saturated carbocycles. The fourth-order valence-corrected chi connectivity index (χ4v) is 5.07. The van der Waals surface area contributed by atoms with Crippen molar-refractivity contribution >= 4 is 22.8 Å². The molecule has 2 unspecified atom stereocenters. The summed E-state index contributed by atoms with van der Waals surface area (Å²) in [4.78, 5) is 16.3. The Hall–Kier alpha value is -3.83. The zero-order valence-electron chi connectivity index (χ0n) is 19.4. The average Bonchev–Trinajstić information content (AvgIpc) is 3.71. The van der Waals surface area contributed by atoms with Crippen molar-refractivity contribution in [2.75, 3.05) is 13.2 Å². The van der Waals surface area contributed by atoms with E-state index in [2.05, 4.69) is 25.0 Å². The van der Waals surface area contributed by atoms with Crippen LogP contribution in [0.5, 0.6) is 6.01 Å². The number of fused-ring (bicyclic) bond motifs is 2. The number of ether oxygens (including phenoxy) is 3. The van der Waals surface area contributed by atoms with Crippen LogP contribution in [0.2, 0.25) is 5.02 Å². The Balaban J connectivity index is 1.11. The molecule has 0 spiro atoms. The number of pyridine rings is 1. The summed E-state index contributed by atoms with van der Waals surface area (Å²) in [5.41, 5.74) is 5.75. The zero-order valence-corrected chi connectivity index (χ0v) is 20.1. The number of rotatable bonds is 5. The van der Waals surface area contributed by atoms with Crippen molar-refractivity contribution in [1.29, 1.82) is 0 Å². The van der Waals surface area contributed by atoms with E-state index in [1.54, 1.807) is 17.1 Å². The Morgan fingerprint density at radius 3 is 2.43 bits per heavy atom. The Morgan fingerprint density at radius 2 is 1.68 bits per heavy atom. The molecule has 5 heterocycles. The Bertz CT molecular complexity index is 1560. The van der Waals surface area contributed by atoms with Crippen LogP contribution < -0.4 is 4.74 Å². The van der Waals surface area contributed by atoms with Crippen LogP contribution in [-0.4, -0.2) is 72.5 Å². The van der Waals surface area contributed by atoms with Gasteiger partial charge in [0.05, 0.1) is 35.1 Å². The molecule has 4 atom stereocenters. The molecular formula is C26H21ClN6O4. The van der Waals surface area contributed by atoms with Gasteiger partial charge in [-0.2, -0.15) is 10.1 Å². The molecule has 11 heteroatoms. The van der Waals surface area contributed by atoms with Crippen molar-refractivity contribution in [2.45, 2.75) is 24.4 Å². The predicted octanol–water partition coefficient (Wildman–Crippen LogP) is 3.43. The highest BCUT2D eigenvalue weighted by atomic mass is 35.5. The SMILES string of the molecule is O[C@@H]1COC2C1OC[C@H]2Oc1nc2nc(-c3ccc(-c4ccc(-n5cncn5)cc4)cc3)c(Cl)cc2[nH]1. The first-order valence-corrected chi connectivity index (χ1v) is 12.2. The molecule has 7 rings (SSSR count). The lowest BCUT2D eigenvalue weighted by molar-refractivity contribution is 0.00706. The monoisotopic (exact) mass is 516 g/mol. The Kier molecular flexibility index (Phi) is 5.40. The maximum atomic E-state index is 9.94. The summed E-state index contributed by atoms with van der Waals surface area (Å²) in [6.45, 7) is 0.557. The largest absolute Gasteiger partial charge is 0.456 e. The summed E-state index contributed by atoms with van der Waals surface area (Å²) in [5, 5.41) is 14.6. The number of H-pyrrole nitrogens is 1. The van der Waals surface area contributed by atoms with Gasteiger partial charge in [0, 0.05) is 5.56 Å². The van der Waals surface area contributed by atoms with Gasteiger partial charge in [-0.1, -0.05) is 48.0 Å². The number of aliphatic hydroxyl groups excluding tert-OH is 1. The normalized spacial score (nSPS) is 23.0. The number of aromatic amines is 1. The fourth-order valence-electron chi connectivity index (χ4n) is 4.81. The second-order valence-electron chi connectivity index (χ2n) is 9.02. The van der Waals surface area contributed by atoms with Gasteiger partial charge >= 0.3 is 0 Å². The summed E-state index contributed by atoms with van der Waals surface area (Å²) in [5.74, 6) is 0. The second kappa shape index (κ2) is 8.93. The molecule has 37 heavy (non-hydrogen) atoms. The number of benzene rings is 2. The quantitative estimate of drug-likeness (QED) is 0.364. The highest BCUT2D eigenvalue weighted by molar-refractivity contribution is 6.33. The fraction of sp³-hybridized carbons (Fsp3) is 0.231. The molecule has 2 aromatic carbocycles. The van der Waals surface area contributed by atoms with Crippen LogP contribution in [0.4, 0.5) is 0 Å². The molecule has 186 valence electrons. The van der Waals surface area contributed by atoms with Gasteiger partial charge in [-0.15, -0.1) is 0 Å². The van der Waals surface area contributed by atoms with E-state index in [1.165, 1.54) is 6.33 Å². The van der Waals surface area contributed by atoms with Crippen molar-refractivity contribution < 1.29 is 19.3 Å². The highest BCUT2D eigenvalue weighted by Gasteiger charge is 2.48. The van der Waals surface area contributed by atoms with Gasteiger partial charge in [0.15, 0.2) is 11.8 Å². The maximum Gasteiger partial charge on any atom is 0.296 e. The molecule has 2 fully saturated rings. The topological polar surface area (TPSA) is 120 Å². The molecule has 0 bridgehead atoms. The molecular weight excluding hydrogens is 496 g/mol. The highest BCUT2D eigenvalue weighted by Crippen LogP contribution is 2.33. The summed E-state index contributed by atoms with van der Waals surface area (Å²) >= 11 is 6.60. The first kappa shape index (κ1) is 22.4. The summed E-state index contributed by atoms with van der Waals surface area (Å²) < 4.78 is 18.9. The van der Waals surface area contributed by atoms with Crippen LogP contribution in [0.15, 0.2) is 67.3 Å². The van der Waals surface area contributed by atoms with Crippen LogP contribution in [0.3, 0.4) is 0 Å². The number of hydrogen-bond donors (Lipinski definition) is 2. The summed E-state index contributed by atoms with van der Waals surface area (Å²) in [6.07, 6.45) is 1.48. The zero-order chi connectivity index (χ0) is 24.9. The van der Waals surface area contributed by atoms with Crippen LogP contribution in [0.1, 0.15) is 0 Å². The van der Waals surface area contributed by atoms with Crippen LogP contribution in [0.25, 0.3) is 39.2 Å². The Labute approximate surface area is 215 Å². The third-order valence-corrected chi connectivity index (χ3v) is 6.98. The van der Waals surface area contributed by atoms with Crippen molar-refractivity contribution in [3.63, 3.8) is 0 Å². The summed E-state index contributed by atoms with van der Waals surface area (Å²) in [6, 6.07) is 18.2. The lowest BCUT2D eigenvalue weighted by Gasteiger charge is -2.15. The van der Waals surface area contributed by atoms with Gasteiger partial charge in [-0.25, -0.2) is 14.6 Å². The maximum absolute atomic E-state index is 9.94. The van der Waals surface area contributed by atoms with Gasteiger partial charge < -0.3 is 24.3 Å². The second-order valence-corrected chi connectivity index (χ2v) is 9.42. The predicted molar refractivity (Wildman–Crippen MR) is 135 cm³/mol. The minimum Gasteiger partial charge on any atom is -0.456 e. The number of nitrogens with zero attached hydrogens (tertiary/aromatic N) is 5. The van der Waals surface area contributed by atoms with Crippen molar-refractivity contribution in [3.05, 3.63) is 72.3 Å². The molecule has 2 aliphatic rings. The lowest BCUT2D eigenvalue weighted by Crippen LogP contribution is -2.34. The Morgan fingerprint density at radius 1 is 0.946 bits per heavy atom. The molecule has 2 aliphatic heterocycles. The van der Waals surface area contributed by atoms with Crippen LogP contribution >= 0.6 is 11.6 Å². The summed E-state index contributed by atoms with van der Waals surface area (Å²) in [7, 11) is 0. The number of aliphatic hydroxyl groups is 1. The van der Waals surface area contributed by atoms with E-state index >= 15 is 0 Å². The van der Waals surface area contributed by atoms with Crippen molar-refractivity contribution in [1.82, 2.24) is 29.7 Å². The van der Waals surface area contributed by atoms with Gasteiger partial charge in [0.25, 0.3) is 6.01 Å². The minimum atomic E-state index is -0.636.